The van der Waals surface area contributed by atoms with E-state index < -0.39 is 0 Å². The molecular weight excluding hydrogens is 172 g/mol. The molecular formula is C12H20N2. The molecule has 0 spiro atoms. The average molecular weight is 192 g/mol. The van der Waals surface area contributed by atoms with E-state index in [0.717, 1.165) is 6.42 Å². The first-order valence-corrected chi connectivity index (χ1v) is 5.30. The maximum Gasteiger partial charge on any atom is 0.107 e. The van der Waals surface area contributed by atoms with Crippen molar-refractivity contribution in [1.82, 2.24) is 5.32 Å². The lowest BCUT2D eigenvalue weighted by atomic mass is 9.94. The number of nitrogens with one attached hydrogen (secondary N) is 1. The van der Waals surface area contributed by atoms with Crippen molar-refractivity contribution in [1.29, 1.82) is 0 Å². The maximum absolute atomic E-state index is 4.10. The zero-order valence-electron chi connectivity index (χ0n) is 9.59. The fraction of sp³-hybridized carbons (Fsp3) is 0.583. The van der Waals surface area contributed by atoms with Crippen LogP contribution in [0.25, 0.3) is 0 Å². The molecule has 0 aromatic heterocycles. The largest absolute Gasteiger partial charge is 0.366 e. The van der Waals surface area contributed by atoms with Gasteiger partial charge in [0.2, 0.25) is 0 Å². The Balaban J connectivity index is 2.94. The fourth-order valence-corrected chi connectivity index (χ4v) is 1.91. The Hall–Kier alpha value is -1.05. The molecule has 0 aromatic carbocycles. The normalized spacial score (nSPS) is 17.6. The van der Waals surface area contributed by atoms with E-state index in [1.807, 2.05) is 6.21 Å². The van der Waals surface area contributed by atoms with Gasteiger partial charge in [-0.05, 0) is 30.9 Å². The quantitative estimate of drug-likeness (QED) is 0.730. The number of hydrogen-bond acceptors (Lipinski definition) is 2. The number of nitrogens with zero attached hydrogens (tertiary/aromatic N) is 1. The van der Waals surface area contributed by atoms with Crippen LogP contribution in [0.5, 0.6) is 0 Å². The van der Waals surface area contributed by atoms with Crippen molar-refractivity contribution in [2.75, 3.05) is 6.67 Å². The Morgan fingerprint density at radius 2 is 2.29 bits per heavy atom. The summed E-state index contributed by atoms with van der Waals surface area (Å²) in [5.41, 5.74) is 4.14. The van der Waals surface area contributed by atoms with Gasteiger partial charge in [0, 0.05) is 11.9 Å². The van der Waals surface area contributed by atoms with Gasteiger partial charge in [0.25, 0.3) is 0 Å². The molecule has 0 bridgehead atoms. The Labute approximate surface area is 86.8 Å². The summed E-state index contributed by atoms with van der Waals surface area (Å²) in [6, 6.07) is 0. The second-order valence-corrected chi connectivity index (χ2v) is 3.91. The first-order valence-electron chi connectivity index (χ1n) is 5.30. The van der Waals surface area contributed by atoms with Crippen molar-refractivity contribution < 1.29 is 0 Å². The van der Waals surface area contributed by atoms with Gasteiger partial charge in [-0.25, -0.2) is 0 Å². The van der Waals surface area contributed by atoms with Crippen molar-refractivity contribution in [3.8, 4) is 0 Å². The van der Waals surface area contributed by atoms with Crippen LogP contribution < -0.4 is 5.32 Å². The Morgan fingerprint density at radius 1 is 1.57 bits per heavy atom. The number of rotatable bonds is 3. The van der Waals surface area contributed by atoms with Crippen LogP contribution in [0.2, 0.25) is 0 Å². The molecule has 0 amide bonds. The highest BCUT2D eigenvalue weighted by Gasteiger charge is 2.09. The third-order valence-electron chi connectivity index (χ3n) is 2.67. The third-order valence-corrected chi connectivity index (χ3v) is 2.67. The van der Waals surface area contributed by atoms with E-state index in [-0.39, 0.29) is 0 Å². The molecule has 1 rings (SSSR count). The predicted octanol–water partition coefficient (Wildman–Crippen LogP) is 2.88. The van der Waals surface area contributed by atoms with Crippen LogP contribution in [-0.4, -0.2) is 12.9 Å². The Morgan fingerprint density at radius 3 is 2.71 bits per heavy atom. The van der Waals surface area contributed by atoms with Gasteiger partial charge >= 0.3 is 0 Å². The van der Waals surface area contributed by atoms with Crippen LogP contribution in [0.4, 0.5) is 0 Å². The number of allylic oxidation sites excluding steroid dienone is 3. The predicted molar refractivity (Wildman–Crippen MR) is 62.4 cm³/mol. The summed E-state index contributed by atoms with van der Waals surface area (Å²) >= 11 is 0. The van der Waals surface area contributed by atoms with Gasteiger partial charge in [-0.1, -0.05) is 26.3 Å². The molecule has 0 radical (unpaired) electrons. The smallest absolute Gasteiger partial charge is 0.107 e. The zero-order chi connectivity index (χ0) is 10.6. The van der Waals surface area contributed by atoms with Crippen LogP contribution >= 0.6 is 0 Å². The van der Waals surface area contributed by atoms with Crippen molar-refractivity contribution in [2.24, 2.45) is 10.9 Å². The molecule has 0 atom stereocenters. The van der Waals surface area contributed by atoms with Gasteiger partial charge in [0.1, 0.15) is 6.67 Å². The molecule has 78 valence electrons. The standard InChI is InChI=1S/C12H20N2/c1-5-11(9(2)3)10(4)12-6-7-13-8-14-12/h6-7,9,14H,5,8H2,1-4H3/b11-10-. The molecule has 1 aliphatic rings. The molecule has 2 nitrogen and oxygen atoms in total. The second-order valence-electron chi connectivity index (χ2n) is 3.91. The topological polar surface area (TPSA) is 24.4 Å². The van der Waals surface area contributed by atoms with Crippen LogP contribution in [0.15, 0.2) is 27.9 Å². The molecule has 2 heteroatoms. The molecule has 1 N–H and O–H groups in total. The third kappa shape index (κ3) is 2.47. The van der Waals surface area contributed by atoms with Gasteiger partial charge in [-0.2, -0.15) is 0 Å². The van der Waals surface area contributed by atoms with Crippen molar-refractivity contribution >= 4 is 6.21 Å². The monoisotopic (exact) mass is 192 g/mol. The highest BCUT2D eigenvalue weighted by atomic mass is 15.0. The van der Waals surface area contributed by atoms with Crippen LogP contribution in [0.3, 0.4) is 0 Å². The minimum absolute atomic E-state index is 0.626. The molecule has 0 fully saturated rings. The summed E-state index contributed by atoms with van der Waals surface area (Å²) in [5, 5.41) is 3.29. The molecule has 0 aromatic rings. The Kier molecular flexibility index (Phi) is 3.93. The molecule has 0 saturated heterocycles. The minimum Gasteiger partial charge on any atom is -0.366 e. The fourth-order valence-electron chi connectivity index (χ4n) is 1.91. The summed E-state index contributed by atoms with van der Waals surface area (Å²) < 4.78 is 0. The van der Waals surface area contributed by atoms with Crippen molar-refractivity contribution in [2.45, 2.75) is 34.1 Å². The number of hydrogen-bond donors (Lipinski definition) is 1. The maximum atomic E-state index is 4.10. The lowest BCUT2D eigenvalue weighted by Crippen LogP contribution is -2.19. The summed E-state index contributed by atoms with van der Waals surface area (Å²) in [7, 11) is 0. The first kappa shape index (κ1) is 11.0. The molecule has 1 heterocycles. The van der Waals surface area contributed by atoms with Crippen LogP contribution in [0.1, 0.15) is 34.1 Å². The van der Waals surface area contributed by atoms with E-state index in [2.05, 4.69) is 44.1 Å². The highest BCUT2D eigenvalue weighted by Crippen LogP contribution is 2.22. The Bertz CT molecular complexity index is 283. The number of aliphatic imine (C=N–C) groups is 1. The van der Waals surface area contributed by atoms with Crippen molar-refractivity contribution in [3.63, 3.8) is 0 Å². The van der Waals surface area contributed by atoms with Gasteiger partial charge in [-0.3, -0.25) is 4.99 Å². The average Bonchev–Trinajstić information content (AvgIpc) is 2.19. The zero-order valence-corrected chi connectivity index (χ0v) is 9.59. The van der Waals surface area contributed by atoms with Gasteiger partial charge in [0.15, 0.2) is 0 Å². The lowest BCUT2D eigenvalue weighted by molar-refractivity contribution is 0.711. The van der Waals surface area contributed by atoms with Crippen LogP contribution in [-0.2, 0) is 0 Å². The van der Waals surface area contributed by atoms with E-state index in [4.69, 9.17) is 0 Å². The summed E-state index contributed by atoms with van der Waals surface area (Å²) in [6.45, 7) is 9.62. The van der Waals surface area contributed by atoms with E-state index in [0.29, 0.717) is 12.6 Å². The lowest BCUT2D eigenvalue weighted by Gasteiger charge is -2.18. The van der Waals surface area contributed by atoms with E-state index >= 15 is 0 Å². The van der Waals surface area contributed by atoms with Crippen LogP contribution in [0, 0.1) is 5.92 Å². The van der Waals surface area contributed by atoms with E-state index in [1.165, 1.54) is 16.8 Å². The molecule has 0 unspecified atom stereocenters. The van der Waals surface area contributed by atoms with Gasteiger partial charge in [-0.15, -0.1) is 0 Å². The van der Waals surface area contributed by atoms with E-state index in [9.17, 15) is 0 Å². The van der Waals surface area contributed by atoms with Gasteiger partial charge < -0.3 is 5.32 Å². The highest BCUT2D eigenvalue weighted by molar-refractivity contribution is 5.74. The summed E-state index contributed by atoms with van der Waals surface area (Å²) in [4.78, 5) is 4.10. The van der Waals surface area contributed by atoms with E-state index in [1.54, 1.807) is 0 Å². The minimum atomic E-state index is 0.626. The van der Waals surface area contributed by atoms with Gasteiger partial charge in [0.05, 0.1) is 0 Å². The first-order chi connectivity index (χ1) is 6.66. The molecule has 1 aliphatic heterocycles. The summed E-state index contributed by atoms with van der Waals surface area (Å²) in [6.07, 6.45) is 5.06. The van der Waals surface area contributed by atoms with Crippen molar-refractivity contribution in [3.05, 3.63) is 22.9 Å². The summed E-state index contributed by atoms with van der Waals surface area (Å²) in [5.74, 6) is 0.626. The molecule has 0 aliphatic carbocycles. The SMILES string of the molecule is CC/C(=C(\C)C1=CC=NCN1)C(C)C. The second kappa shape index (κ2) is 4.99. The molecule has 14 heavy (non-hydrogen) atoms. The molecule has 0 saturated carbocycles.